The number of pyridine rings is 1. The molecule has 0 aliphatic carbocycles. The van der Waals surface area contributed by atoms with Gasteiger partial charge in [0, 0.05) is 24.0 Å². The third-order valence-electron chi connectivity index (χ3n) is 4.74. The van der Waals surface area contributed by atoms with Crippen LogP contribution in [0.15, 0.2) is 83.9 Å². The molecule has 28 heavy (non-hydrogen) atoms. The topological polar surface area (TPSA) is 52.2 Å². The molecule has 5 nitrogen and oxygen atoms in total. The summed E-state index contributed by atoms with van der Waals surface area (Å²) >= 11 is 0. The Kier molecular flexibility index (Phi) is 3.76. The van der Waals surface area contributed by atoms with Crippen molar-refractivity contribution in [2.75, 3.05) is 0 Å². The number of para-hydroxylation sites is 2. The molecule has 0 saturated carbocycles. The SMILES string of the molecule is O=c1cc(-c2cccnc2)nc2n(Cc3cccc(F)c3)c3ccccc3n12. The number of aromatic nitrogens is 4. The second kappa shape index (κ2) is 6.42. The summed E-state index contributed by atoms with van der Waals surface area (Å²) in [6.07, 6.45) is 3.35. The predicted octanol–water partition coefficient (Wildman–Crippen LogP) is 3.90. The largest absolute Gasteiger partial charge is 0.305 e. The molecule has 5 rings (SSSR count). The van der Waals surface area contributed by atoms with Crippen molar-refractivity contribution < 1.29 is 4.39 Å². The summed E-state index contributed by atoms with van der Waals surface area (Å²) in [6.45, 7) is 0.401. The molecule has 0 bridgehead atoms. The normalized spacial score (nSPS) is 11.3. The fourth-order valence-corrected chi connectivity index (χ4v) is 3.50. The maximum atomic E-state index is 13.7. The van der Waals surface area contributed by atoms with Crippen LogP contribution in [0.2, 0.25) is 0 Å². The maximum absolute atomic E-state index is 13.7. The molecule has 0 aliphatic rings. The van der Waals surface area contributed by atoms with Crippen LogP contribution in [0.5, 0.6) is 0 Å². The molecular formula is C22H15FN4O. The molecule has 0 radical (unpaired) electrons. The molecule has 0 spiro atoms. The van der Waals surface area contributed by atoms with Crippen molar-refractivity contribution in [2.45, 2.75) is 6.54 Å². The van der Waals surface area contributed by atoms with E-state index in [-0.39, 0.29) is 11.4 Å². The standard InChI is InChI=1S/C22H15FN4O/c23-17-7-3-5-15(11-17)14-26-19-8-1-2-9-20(19)27-21(28)12-18(25-22(26)27)16-6-4-10-24-13-16/h1-13H,14H2. The summed E-state index contributed by atoms with van der Waals surface area (Å²) in [5.74, 6) is 0.219. The Morgan fingerprint density at radius 1 is 0.929 bits per heavy atom. The minimum absolute atomic E-state index is 0.168. The zero-order valence-electron chi connectivity index (χ0n) is 14.8. The highest BCUT2D eigenvalue weighted by Gasteiger charge is 2.15. The third-order valence-corrected chi connectivity index (χ3v) is 4.74. The summed E-state index contributed by atoms with van der Waals surface area (Å²) in [5.41, 5.74) is 3.58. The van der Waals surface area contributed by atoms with Gasteiger partial charge in [-0.15, -0.1) is 0 Å². The molecule has 3 heterocycles. The van der Waals surface area contributed by atoms with Crippen LogP contribution in [0, 0.1) is 5.82 Å². The van der Waals surface area contributed by atoms with E-state index >= 15 is 0 Å². The lowest BCUT2D eigenvalue weighted by Gasteiger charge is -2.07. The van der Waals surface area contributed by atoms with Gasteiger partial charge in [-0.3, -0.25) is 9.78 Å². The molecule has 136 valence electrons. The molecule has 0 aliphatic heterocycles. The van der Waals surface area contributed by atoms with Crippen molar-refractivity contribution >= 4 is 16.8 Å². The van der Waals surface area contributed by atoms with Gasteiger partial charge in [-0.05, 0) is 42.0 Å². The molecule has 0 N–H and O–H groups in total. The Bertz CT molecular complexity index is 1370. The minimum atomic E-state index is -0.292. The van der Waals surface area contributed by atoms with Gasteiger partial charge >= 0.3 is 0 Å². The van der Waals surface area contributed by atoms with E-state index in [1.807, 2.05) is 41.0 Å². The Morgan fingerprint density at radius 2 is 1.79 bits per heavy atom. The van der Waals surface area contributed by atoms with Gasteiger partial charge < -0.3 is 4.57 Å². The van der Waals surface area contributed by atoms with Crippen LogP contribution in [0.25, 0.3) is 28.1 Å². The zero-order valence-corrected chi connectivity index (χ0v) is 14.8. The number of rotatable bonds is 3. The first-order valence-electron chi connectivity index (χ1n) is 8.86. The summed E-state index contributed by atoms with van der Waals surface area (Å²) in [6, 6.07) is 19.3. The molecule has 2 aromatic carbocycles. The van der Waals surface area contributed by atoms with Gasteiger partial charge in [0.05, 0.1) is 23.3 Å². The Hall–Kier alpha value is -3.80. The van der Waals surface area contributed by atoms with Gasteiger partial charge in [0.25, 0.3) is 5.56 Å². The summed E-state index contributed by atoms with van der Waals surface area (Å²) in [4.78, 5) is 21.8. The minimum Gasteiger partial charge on any atom is -0.305 e. The van der Waals surface area contributed by atoms with Gasteiger partial charge in [-0.1, -0.05) is 24.3 Å². The highest BCUT2D eigenvalue weighted by Crippen LogP contribution is 2.22. The summed E-state index contributed by atoms with van der Waals surface area (Å²) < 4.78 is 17.2. The molecule has 0 saturated heterocycles. The predicted molar refractivity (Wildman–Crippen MR) is 106 cm³/mol. The van der Waals surface area contributed by atoms with E-state index in [1.165, 1.54) is 18.2 Å². The average molecular weight is 370 g/mol. The number of benzene rings is 2. The number of hydrogen-bond acceptors (Lipinski definition) is 3. The number of hydrogen-bond donors (Lipinski definition) is 0. The molecular weight excluding hydrogens is 355 g/mol. The first-order chi connectivity index (χ1) is 13.7. The lowest BCUT2D eigenvalue weighted by Crippen LogP contribution is -2.15. The number of nitrogens with zero attached hydrogens (tertiary/aromatic N) is 4. The molecule has 0 atom stereocenters. The van der Waals surface area contributed by atoms with Gasteiger partial charge in [0.2, 0.25) is 5.78 Å². The van der Waals surface area contributed by atoms with Gasteiger partial charge in [-0.25, -0.2) is 13.8 Å². The van der Waals surface area contributed by atoms with Crippen molar-refractivity contribution in [2.24, 2.45) is 0 Å². The second-order valence-electron chi connectivity index (χ2n) is 6.56. The van der Waals surface area contributed by atoms with E-state index in [1.54, 1.807) is 28.9 Å². The van der Waals surface area contributed by atoms with E-state index in [0.29, 0.717) is 18.0 Å². The molecule has 6 heteroatoms. The van der Waals surface area contributed by atoms with Crippen LogP contribution in [0.1, 0.15) is 5.56 Å². The fraction of sp³-hybridized carbons (Fsp3) is 0.0455. The van der Waals surface area contributed by atoms with Crippen LogP contribution < -0.4 is 5.56 Å². The molecule has 0 unspecified atom stereocenters. The van der Waals surface area contributed by atoms with Crippen LogP contribution in [0.4, 0.5) is 4.39 Å². The molecule has 0 fully saturated rings. The van der Waals surface area contributed by atoms with Crippen LogP contribution in [-0.4, -0.2) is 18.9 Å². The van der Waals surface area contributed by atoms with Crippen LogP contribution in [-0.2, 0) is 6.54 Å². The van der Waals surface area contributed by atoms with Crippen molar-refractivity contribution in [3.63, 3.8) is 0 Å². The summed E-state index contributed by atoms with van der Waals surface area (Å²) in [5, 5.41) is 0. The van der Waals surface area contributed by atoms with E-state index in [2.05, 4.69) is 4.98 Å². The number of fused-ring (bicyclic) bond motifs is 3. The van der Waals surface area contributed by atoms with Crippen LogP contribution >= 0.6 is 0 Å². The Balaban J connectivity index is 1.81. The lowest BCUT2D eigenvalue weighted by atomic mass is 10.2. The second-order valence-corrected chi connectivity index (χ2v) is 6.56. The van der Waals surface area contributed by atoms with E-state index < -0.39 is 0 Å². The Labute approximate surface area is 159 Å². The number of halogens is 1. The molecule has 5 aromatic rings. The average Bonchev–Trinajstić information content (AvgIpc) is 3.03. The van der Waals surface area contributed by atoms with E-state index in [9.17, 15) is 9.18 Å². The highest BCUT2D eigenvalue weighted by molar-refractivity contribution is 5.81. The van der Waals surface area contributed by atoms with Crippen molar-refractivity contribution in [3.05, 3.63) is 101 Å². The molecule has 3 aromatic heterocycles. The Morgan fingerprint density at radius 3 is 2.57 bits per heavy atom. The van der Waals surface area contributed by atoms with Crippen molar-refractivity contribution in [1.29, 1.82) is 0 Å². The first-order valence-corrected chi connectivity index (χ1v) is 8.86. The van der Waals surface area contributed by atoms with E-state index in [4.69, 9.17) is 4.98 Å². The quantitative estimate of drug-likeness (QED) is 0.484. The monoisotopic (exact) mass is 370 g/mol. The van der Waals surface area contributed by atoms with Gasteiger partial charge in [0.15, 0.2) is 0 Å². The smallest absolute Gasteiger partial charge is 0.260 e. The first kappa shape index (κ1) is 16.4. The van der Waals surface area contributed by atoms with Crippen molar-refractivity contribution in [1.82, 2.24) is 18.9 Å². The van der Waals surface area contributed by atoms with Gasteiger partial charge in [0.1, 0.15) is 5.82 Å². The zero-order chi connectivity index (χ0) is 19.1. The maximum Gasteiger partial charge on any atom is 0.260 e. The van der Waals surface area contributed by atoms with E-state index in [0.717, 1.165) is 22.2 Å². The van der Waals surface area contributed by atoms with Gasteiger partial charge in [-0.2, -0.15) is 0 Å². The van der Waals surface area contributed by atoms with Crippen molar-refractivity contribution in [3.8, 4) is 11.3 Å². The fourth-order valence-electron chi connectivity index (χ4n) is 3.50. The summed E-state index contributed by atoms with van der Waals surface area (Å²) in [7, 11) is 0. The molecule has 0 amide bonds. The highest BCUT2D eigenvalue weighted by atomic mass is 19.1. The number of imidazole rings is 1. The lowest BCUT2D eigenvalue weighted by molar-refractivity contribution is 0.624. The third kappa shape index (κ3) is 2.66. The van der Waals surface area contributed by atoms with Crippen LogP contribution in [0.3, 0.4) is 0 Å².